The first-order chi connectivity index (χ1) is 11.8. The minimum atomic E-state index is -3.34. The molecule has 1 aromatic rings. The summed E-state index contributed by atoms with van der Waals surface area (Å²) in [5.74, 6) is -1.21. The molecule has 3 rings (SSSR count). The average Bonchev–Trinajstić information content (AvgIpc) is 2.90. The molecule has 0 bridgehead atoms. The number of sulfone groups is 1. The molecule has 2 aliphatic rings. The van der Waals surface area contributed by atoms with Crippen LogP contribution in [0.2, 0.25) is 0 Å². The molecule has 1 amide bonds. The molecule has 0 N–H and O–H groups in total. The van der Waals surface area contributed by atoms with Crippen molar-refractivity contribution in [3.05, 3.63) is 24.1 Å². The van der Waals surface area contributed by atoms with Crippen molar-refractivity contribution in [1.82, 2.24) is 9.88 Å². The maximum atomic E-state index is 13.5. The number of aromatic nitrogens is 1. The number of amides is 1. The number of hydrogen-bond donors (Lipinski definition) is 0. The van der Waals surface area contributed by atoms with Crippen LogP contribution in [0.5, 0.6) is 5.88 Å². The van der Waals surface area contributed by atoms with E-state index in [0.29, 0.717) is 32.7 Å². The van der Waals surface area contributed by atoms with Gasteiger partial charge in [0.25, 0.3) is 0 Å². The lowest BCUT2D eigenvalue weighted by Gasteiger charge is -2.50. The quantitative estimate of drug-likeness (QED) is 0.729. The van der Waals surface area contributed by atoms with E-state index in [1.54, 1.807) is 0 Å². The second-order valence-electron chi connectivity index (χ2n) is 6.65. The van der Waals surface area contributed by atoms with E-state index in [4.69, 9.17) is 9.47 Å². The van der Waals surface area contributed by atoms with Crippen LogP contribution in [-0.2, 0) is 19.4 Å². The standard InChI is InChI=1S/C16H21FN2O5S/c1-25(21,22)9-14(20)19-10-16(11-19)12(5-8-24-16)4-7-23-15-13(17)3-2-6-18-15/h2-3,6,12H,4-5,7-11H2,1H3/t12-/m1/s1. The first kappa shape index (κ1) is 18.1. The molecule has 25 heavy (non-hydrogen) atoms. The Labute approximate surface area is 146 Å². The van der Waals surface area contributed by atoms with Crippen LogP contribution in [0.3, 0.4) is 0 Å². The van der Waals surface area contributed by atoms with Gasteiger partial charge in [-0.1, -0.05) is 0 Å². The lowest BCUT2D eigenvalue weighted by atomic mass is 9.79. The van der Waals surface area contributed by atoms with Crippen LogP contribution in [0.15, 0.2) is 18.3 Å². The topological polar surface area (TPSA) is 85.8 Å². The van der Waals surface area contributed by atoms with E-state index in [1.165, 1.54) is 23.2 Å². The Hall–Kier alpha value is -1.74. The molecule has 9 heteroatoms. The molecule has 0 aromatic carbocycles. The molecule has 0 aliphatic carbocycles. The van der Waals surface area contributed by atoms with Gasteiger partial charge in [0, 0.05) is 19.1 Å². The zero-order valence-electron chi connectivity index (χ0n) is 14.0. The predicted octanol–water partition coefficient (Wildman–Crippen LogP) is 0.652. The highest BCUT2D eigenvalue weighted by molar-refractivity contribution is 7.91. The van der Waals surface area contributed by atoms with Gasteiger partial charge in [-0.3, -0.25) is 4.79 Å². The van der Waals surface area contributed by atoms with Crippen LogP contribution < -0.4 is 4.74 Å². The SMILES string of the molecule is CS(=O)(=O)CC(=O)N1CC2(C1)OCC[C@H]2CCOc1ncccc1F. The van der Waals surface area contributed by atoms with Gasteiger partial charge in [0.15, 0.2) is 15.7 Å². The van der Waals surface area contributed by atoms with Crippen molar-refractivity contribution in [2.75, 3.05) is 38.3 Å². The largest absolute Gasteiger partial charge is 0.476 e. The molecular formula is C16H21FN2O5S. The molecule has 7 nitrogen and oxygen atoms in total. The van der Waals surface area contributed by atoms with Crippen LogP contribution in [0, 0.1) is 11.7 Å². The van der Waals surface area contributed by atoms with E-state index in [-0.39, 0.29) is 11.8 Å². The first-order valence-electron chi connectivity index (χ1n) is 8.12. The molecule has 2 fully saturated rings. The van der Waals surface area contributed by atoms with Crippen LogP contribution in [0.25, 0.3) is 0 Å². The van der Waals surface area contributed by atoms with Crippen molar-refractivity contribution in [1.29, 1.82) is 0 Å². The molecule has 1 spiro atoms. The minimum Gasteiger partial charge on any atom is -0.476 e. The first-order valence-corrected chi connectivity index (χ1v) is 10.2. The summed E-state index contributed by atoms with van der Waals surface area (Å²) in [4.78, 5) is 17.3. The Balaban J connectivity index is 1.50. The Morgan fingerprint density at radius 1 is 1.52 bits per heavy atom. The number of nitrogens with zero attached hydrogens (tertiary/aromatic N) is 2. The van der Waals surface area contributed by atoms with E-state index >= 15 is 0 Å². The summed E-state index contributed by atoms with van der Waals surface area (Å²) >= 11 is 0. The third-order valence-electron chi connectivity index (χ3n) is 4.69. The maximum Gasteiger partial charge on any atom is 0.250 e. The van der Waals surface area contributed by atoms with Crippen LogP contribution in [0.4, 0.5) is 4.39 Å². The van der Waals surface area contributed by atoms with Gasteiger partial charge in [-0.25, -0.2) is 17.8 Å². The zero-order chi connectivity index (χ0) is 18.1. The summed E-state index contributed by atoms with van der Waals surface area (Å²) in [6.07, 6.45) is 4.01. The summed E-state index contributed by atoms with van der Waals surface area (Å²) in [7, 11) is -3.34. The fourth-order valence-electron chi connectivity index (χ4n) is 3.41. The van der Waals surface area contributed by atoms with Gasteiger partial charge < -0.3 is 14.4 Å². The van der Waals surface area contributed by atoms with Crippen LogP contribution in [0.1, 0.15) is 12.8 Å². The van der Waals surface area contributed by atoms with E-state index < -0.39 is 32.9 Å². The van der Waals surface area contributed by atoms with E-state index in [2.05, 4.69) is 4.98 Å². The highest BCUT2D eigenvalue weighted by Gasteiger charge is 2.54. The Bertz CT molecular complexity index is 749. The Morgan fingerprint density at radius 2 is 2.28 bits per heavy atom. The smallest absolute Gasteiger partial charge is 0.250 e. The zero-order valence-corrected chi connectivity index (χ0v) is 14.8. The van der Waals surface area contributed by atoms with Crippen LogP contribution >= 0.6 is 0 Å². The fraction of sp³-hybridized carbons (Fsp3) is 0.625. The van der Waals surface area contributed by atoms with Gasteiger partial charge in [-0.15, -0.1) is 0 Å². The number of halogens is 1. The number of likely N-dealkylation sites (tertiary alicyclic amines) is 1. The second-order valence-corrected chi connectivity index (χ2v) is 8.79. The minimum absolute atomic E-state index is 0.0194. The Kier molecular flexibility index (Phi) is 4.97. The molecule has 138 valence electrons. The van der Waals surface area contributed by atoms with Crippen molar-refractivity contribution in [2.24, 2.45) is 5.92 Å². The van der Waals surface area contributed by atoms with Crippen molar-refractivity contribution in [3.63, 3.8) is 0 Å². The molecule has 0 radical (unpaired) electrons. The predicted molar refractivity (Wildman–Crippen MR) is 87.4 cm³/mol. The summed E-state index contributed by atoms with van der Waals surface area (Å²) in [5.41, 5.74) is -0.431. The molecule has 1 aromatic heterocycles. The van der Waals surface area contributed by atoms with E-state index in [1.807, 2.05) is 0 Å². The third kappa shape index (κ3) is 4.09. The van der Waals surface area contributed by atoms with Crippen molar-refractivity contribution in [3.8, 4) is 5.88 Å². The number of pyridine rings is 1. The molecule has 2 aliphatic heterocycles. The van der Waals surface area contributed by atoms with Crippen molar-refractivity contribution < 1.29 is 27.1 Å². The summed E-state index contributed by atoms with van der Waals surface area (Å²) < 4.78 is 47.2. The van der Waals surface area contributed by atoms with Gasteiger partial charge in [0.2, 0.25) is 11.8 Å². The van der Waals surface area contributed by atoms with Gasteiger partial charge in [-0.2, -0.15) is 0 Å². The summed E-state index contributed by atoms with van der Waals surface area (Å²) in [6.45, 7) is 1.69. The third-order valence-corrected chi connectivity index (χ3v) is 5.46. The molecule has 3 heterocycles. The molecule has 1 atom stereocenters. The number of carbonyl (C=O) groups excluding carboxylic acids is 1. The van der Waals surface area contributed by atoms with E-state index in [9.17, 15) is 17.6 Å². The van der Waals surface area contributed by atoms with Crippen LogP contribution in [-0.4, -0.2) is 68.1 Å². The molecule has 0 unspecified atom stereocenters. The summed E-state index contributed by atoms with van der Waals surface area (Å²) in [5, 5.41) is 0. The lowest BCUT2D eigenvalue weighted by Crippen LogP contribution is -2.66. The second kappa shape index (κ2) is 6.87. The molecular weight excluding hydrogens is 351 g/mol. The summed E-state index contributed by atoms with van der Waals surface area (Å²) in [6, 6.07) is 2.79. The van der Waals surface area contributed by atoms with Crippen molar-refractivity contribution >= 4 is 15.7 Å². The van der Waals surface area contributed by atoms with E-state index in [0.717, 1.165) is 12.7 Å². The molecule has 0 saturated carbocycles. The average molecular weight is 372 g/mol. The number of rotatable bonds is 6. The van der Waals surface area contributed by atoms with Gasteiger partial charge in [0.1, 0.15) is 11.4 Å². The normalized spacial score (nSPS) is 22.0. The number of hydrogen-bond acceptors (Lipinski definition) is 6. The van der Waals surface area contributed by atoms with Crippen molar-refractivity contribution in [2.45, 2.75) is 18.4 Å². The maximum absolute atomic E-state index is 13.5. The van der Waals surface area contributed by atoms with Gasteiger partial charge >= 0.3 is 0 Å². The monoisotopic (exact) mass is 372 g/mol. The number of ether oxygens (including phenoxy) is 2. The molecule has 2 saturated heterocycles. The highest BCUT2D eigenvalue weighted by atomic mass is 32.2. The van der Waals surface area contributed by atoms with Gasteiger partial charge in [-0.05, 0) is 30.9 Å². The van der Waals surface area contributed by atoms with Gasteiger partial charge in [0.05, 0.1) is 19.7 Å². The Morgan fingerprint density at radius 3 is 2.96 bits per heavy atom. The fourth-order valence-corrected chi connectivity index (χ4v) is 4.04. The number of carbonyl (C=O) groups is 1. The highest BCUT2D eigenvalue weighted by Crippen LogP contribution is 2.41. The lowest BCUT2D eigenvalue weighted by molar-refractivity contribution is -0.163.